The van der Waals surface area contributed by atoms with Crippen molar-refractivity contribution in [3.63, 3.8) is 0 Å². The van der Waals surface area contributed by atoms with Crippen molar-refractivity contribution in [1.82, 2.24) is 0 Å². The van der Waals surface area contributed by atoms with Gasteiger partial charge in [-0.2, -0.15) is 0 Å². The van der Waals surface area contributed by atoms with Crippen molar-refractivity contribution in [3.8, 4) is 0 Å². The molecule has 12 heavy (non-hydrogen) atoms. The molecule has 3 nitrogen and oxygen atoms in total. The molecule has 0 N–H and O–H groups in total. The normalized spacial score (nSPS) is 36.5. The molecule has 2 atom stereocenters. The summed E-state index contributed by atoms with van der Waals surface area (Å²) in [5.41, 5.74) is 0. The smallest absolute Gasteiger partial charge is 0.343 e. The van der Waals surface area contributed by atoms with Gasteiger partial charge in [-0.1, -0.05) is 0 Å². The summed E-state index contributed by atoms with van der Waals surface area (Å²) in [5.74, 6) is 0. The molecule has 0 aromatic heterocycles. The van der Waals surface area contributed by atoms with Gasteiger partial charge < -0.3 is 13.6 Å². The summed E-state index contributed by atoms with van der Waals surface area (Å²) < 4.78 is 16.9. The minimum absolute atomic E-state index is 0.481. The highest BCUT2D eigenvalue weighted by Gasteiger charge is 2.60. The van der Waals surface area contributed by atoms with Crippen molar-refractivity contribution in [1.29, 1.82) is 0 Å². The molecule has 4 heteroatoms. The molecular weight excluding hydrogens is 172 g/mol. The van der Waals surface area contributed by atoms with Gasteiger partial charge in [-0.15, -0.1) is 0 Å². The van der Waals surface area contributed by atoms with Crippen molar-refractivity contribution >= 4 is 8.56 Å². The fourth-order valence-electron chi connectivity index (χ4n) is 2.04. The Bertz CT molecular complexity index is 156. The van der Waals surface area contributed by atoms with Gasteiger partial charge in [0.05, 0.1) is 12.2 Å². The Balaban J connectivity index is 1.93. The van der Waals surface area contributed by atoms with Gasteiger partial charge in [0.15, 0.2) is 0 Å². The summed E-state index contributed by atoms with van der Waals surface area (Å²) in [7, 11) is -1.77. The van der Waals surface area contributed by atoms with Crippen LogP contribution in [0.4, 0.5) is 0 Å². The van der Waals surface area contributed by atoms with Crippen molar-refractivity contribution in [3.05, 3.63) is 0 Å². The summed E-state index contributed by atoms with van der Waals surface area (Å²) in [6, 6.07) is 2.11. The van der Waals surface area contributed by atoms with Crippen LogP contribution in [0.1, 0.15) is 13.8 Å². The maximum absolute atomic E-state index is 5.77. The third-order valence-electron chi connectivity index (χ3n) is 2.53. The van der Waals surface area contributed by atoms with Gasteiger partial charge in [-0.25, -0.2) is 0 Å². The predicted molar refractivity (Wildman–Crippen MR) is 47.3 cm³/mol. The SMILES string of the molecule is CCO[Si]1(OCC)CC2OC2C1. The van der Waals surface area contributed by atoms with Crippen LogP contribution in [0, 0.1) is 0 Å². The van der Waals surface area contributed by atoms with Crippen LogP contribution in [0.5, 0.6) is 0 Å². The maximum Gasteiger partial charge on any atom is 0.343 e. The number of ether oxygens (including phenoxy) is 1. The van der Waals surface area contributed by atoms with Crippen LogP contribution in [0.2, 0.25) is 12.1 Å². The number of rotatable bonds is 4. The third kappa shape index (κ3) is 1.44. The lowest BCUT2D eigenvalue weighted by Crippen LogP contribution is -2.41. The molecule has 2 aliphatic rings. The first kappa shape index (κ1) is 8.68. The van der Waals surface area contributed by atoms with E-state index >= 15 is 0 Å². The van der Waals surface area contributed by atoms with E-state index in [2.05, 4.69) is 0 Å². The minimum atomic E-state index is -1.77. The molecule has 0 amide bonds. The fourth-order valence-corrected chi connectivity index (χ4v) is 5.76. The van der Waals surface area contributed by atoms with Gasteiger partial charge in [-0.05, 0) is 13.8 Å². The topological polar surface area (TPSA) is 31.0 Å². The van der Waals surface area contributed by atoms with Gasteiger partial charge in [0.25, 0.3) is 0 Å². The van der Waals surface area contributed by atoms with Crippen LogP contribution < -0.4 is 0 Å². The Kier molecular flexibility index (Phi) is 2.24. The lowest BCUT2D eigenvalue weighted by molar-refractivity contribution is 0.174. The molecule has 0 radical (unpaired) electrons. The Morgan fingerprint density at radius 2 is 1.67 bits per heavy atom. The summed E-state index contributed by atoms with van der Waals surface area (Å²) in [6.07, 6.45) is 0.963. The Morgan fingerprint density at radius 3 is 2.08 bits per heavy atom. The second-order valence-corrected chi connectivity index (χ2v) is 6.61. The van der Waals surface area contributed by atoms with Gasteiger partial charge in [-0.3, -0.25) is 0 Å². The molecule has 2 rings (SSSR count). The summed E-state index contributed by atoms with van der Waals surface area (Å²) in [6.45, 7) is 5.65. The first-order chi connectivity index (χ1) is 5.79. The fraction of sp³-hybridized carbons (Fsp3) is 1.00. The zero-order chi connectivity index (χ0) is 8.60. The molecule has 0 bridgehead atoms. The Hall–Kier alpha value is 0.0969. The van der Waals surface area contributed by atoms with Gasteiger partial charge in [0.1, 0.15) is 0 Å². The van der Waals surface area contributed by atoms with Crippen LogP contribution in [0.15, 0.2) is 0 Å². The number of fused-ring (bicyclic) bond motifs is 1. The molecule has 2 aliphatic heterocycles. The average Bonchev–Trinajstić information content (AvgIpc) is 2.61. The summed E-state index contributed by atoms with van der Waals surface area (Å²) in [5, 5.41) is 0. The van der Waals surface area contributed by atoms with Crippen molar-refractivity contribution in [2.24, 2.45) is 0 Å². The van der Waals surface area contributed by atoms with E-state index < -0.39 is 8.56 Å². The molecule has 2 fully saturated rings. The standard InChI is InChI=1S/C8H16O3Si/c1-3-9-12(10-4-2)5-7-8(6-12)11-7/h7-8H,3-6H2,1-2H3. The summed E-state index contributed by atoms with van der Waals surface area (Å²) in [4.78, 5) is 0. The molecule has 0 aromatic rings. The Labute approximate surface area is 74.3 Å². The number of hydrogen-bond acceptors (Lipinski definition) is 3. The van der Waals surface area contributed by atoms with Gasteiger partial charge in [0, 0.05) is 25.3 Å². The lowest BCUT2D eigenvalue weighted by atomic mass is 10.4. The van der Waals surface area contributed by atoms with E-state index in [0.29, 0.717) is 12.2 Å². The number of epoxide rings is 1. The third-order valence-corrected chi connectivity index (χ3v) is 6.21. The van der Waals surface area contributed by atoms with E-state index in [1.165, 1.54) is 0 Å². The second kappa shape index (κ2) is 3.10. The molecule has 0 aliphatic carbocycles. The van der Waals surface area contributed by atoms with Crippen LogP contribution in [-0.2, 0) is 13.6 Å². The van der Waals surface area contributed by atoms with E-state index in [1.54, 1.807) is 0 Å². The largest absolute Gasteiger partial charge is 0.394 e. The monoisotopic (exact) mass is 188 g/mol. The van der Waals surface area contributed by atoms with E-state index in [0.717, 1.165) is 25.3 Å². The number of hydrogen-bond donors (Lipinski definition) is 0. The highest BCUT2D eigenvalue weighted by Crippen LogP contribution is 2.46. The molecule has 70 valence electrons. The first-order valence-electron chi connectivity index (χ1n) is 4.73. The van der Waals surface area contributed by atoms with Crippen LogP contribution in [0.3, 0.4) is 0 Å². The first-order valence-corrected chi connectivity index (χ1v) is 6.96. The molecular formula is C8H16O3Si. The minimum Gasteiger partial charge on any atom is -0.394 e. The zero-order valence-electron chi connectivity index (χ0n) is 7.71. The predicted octanol–water partition coefficient (Wildman–Crippen LogP) is 1.28. The Morgan fingerprint density at radius 1 is 1.17 bits per heavy atom. The highest BCUT2D eigenvalue weighted by atomic mass is 28.4. The van der Waals surface area contributed by atoms with E-state index in [9.17, 15) is 0 Å². The van der Waals surface area contributed by atoms with Crippen molar-refractivity contribution < 1.29 is 13.6 Å². The van der Waals surface area contributed by atoms with Gasteiger partial charge >= 0.3 is 8.56 Å². The van der Waals surface area contributed by atoms with E-state index in [1.807, 2.05) is 13.8 Å². The molecule has 2 saturated heterocycles. The van der Waals surface area contributed by atoms with Crippen LogP contribution in [-0.4, -0.2) is 34.0 Å². The molecule has 2 heterocycles. The van der Waals surface area contributed by atoms with Gasteiger partial charge in [0.2, 0.25) is 0 Å². The second-order valence-electron chi connectivity index (χ2n) is 3.40. The van der Waals surface area contributed by atoms with Crippen LogP contribution in [0.25, 0.3) is 0 Å². The van der Waals surface area contributed by atoms with E-state index in [4.69, 9.17) is 13.6 Å². The van der Waals surface area contributed by atoms with Crippen molar-refractivity contribution in [2.45, 2.75) is 38.1 Å². The zero-order valence-corrected chi connectivity index (χ0v) is 8.71. The van der Waals surface area contributed by atoms with E-state index in [-0.39, 0.29) is 0 Å². The maximum atomic E-state index is 5.77. The molecule has 2 unspecified atom stereocenters. The quantitative estimate of drug-likeness (QED) is 0.492. The van der Waals surface area contributed by atoms with Crippen LogP contribution >= 0.6 is 0 Å². The molecule has 0 saturated carbocycles. The molecule has 0 spiro atoms. The van der Waals surface area contributed by atoms with Crippen molar-refractivity contribution in [2.75, 3.05) is 13.2 Å². The molecule has 0 aromatic carbocycles. The lowest BCUT2D eigenvalue weighted by Gasteiger charge is -2.26. The summed E-state index contributed by atoms with van der Waals surface area (Å²) >= 11 is 0. The average molecular weight is 188 g/mol. The highest BCUT2D eigenvalue weighted by molar-refractivity contribution is 6.69.